The average Bonchev–Trinajstić information content (AvgIpc) is 3.39. The SMILES string of the molecule is COCCC1=NN(C(=O)c2cc(-c3cccs3)nc3ccccc23)C(O)(C(F)(F)F)C1. The quantitative estimate of drug-likeness (QED) is 0.625. The molecule has 3 heterocycles. The van der Waals surface area contributed by atoms with Crippen LogP contribution in [0.4, 0.5) is 13.2 Å². The molecule has 4 rings (SSSR count). The summed E-state index contributed by atoms with van der Waals surface area (Å²) < 4.78 is 46.4. The molecule has 10 heteroatoms. The van der Waals surface area contributed by atoms with Crippen molar-refractivity contribution >= 4 is 33.9 Å². The molecule has 31 heavy (non-hydrogen) atoms. The van der Waals surface area contributed by atoms with Crippen molar-refractivity contribution in [2.75, 3.05) is 13.7 Å². The molecule has 1 aliphatic heterocycles. The van der Waals surface area contributed by atoms with E-state index in [9.17, 15) is 23.1 Å². The van der Waals surface area contributed by atoms with E-state index in [0.717, 1.165) is 4.88 Å². The molecular weight excluding hydrogens is 431 g/mol. The van der Waals surface area contributed by atoms with Crippen LogP contribution in [0.1, 0.15) is 23.2 Å². The van der Waals surface area contributed by atoms with Gasteiger partial charge in [-0.25, -0.2) is 4.98 Å². The van der Waals surface area contributed by atoms with E-state index in [1.807, 2.05) is 11.4 Å². The fourth-order valence-electron chi connectivity index (χ4n) is 3.43. The maximum absolute atomic E-state index is 13.8. The van der Waals surface area contributed by atoms with Crippen molar-refractivity contribution in [1.82, 2.24) is 9.99 Å². The van der Waals surface area contributed by atoms with Gasteiger partial charge in [0.15, 0.2) is 0 Å². The lowest BCUT2D eigenvalue weighted by Gasteiger charge is -2.32. The molecule has 0 saturated carbocycles. The Bertz CT molecular complexity index is 1150. The number of carbonyl (C=O) groups is 1. The number of pyridine rings is 1. The molecule has 6 nitrogen and oxygen atoms in total. The van der Waals surface area contributed by atoms with Crippen LogP contribution in [0.25, 0.3) is 21.5 Å². The topological polar surface area (TPSA) is 75.0 Å². The summed E-state index contributed by atoms with van der Waals surface area (Å²) in [5.41, 5.74) is -2.51. The second kappa shape index (κ2) is 8.03. The van der Waals surface area contributed by atoms with Crippen LogP contribution < -0.4 is 0 Å². The number of para-hydroxylation sites is 1. The molecule has 162 valence electrons. The Kier molecular flexibility index (Phi) is 5.54. The number of amides is 1. The van der Waals surface area contributed by atoms with Crippen molar-refractivity contribution < 1.29 is 27.8 Å². The standard InChI is InChI=1S/C21H18F3N3O3S/c1-30-9-8-13-12-20(29,21(22,23)24)27(26-13)19(28)15-11-17(18-7-4-10-31-18)25-16-6-3-2-5-14(15)16/h2-7,10-11,29H,8-9,12H2,1H3. The molecule has 0 radical (unpaired) electrons. The van der Waals surface area contributed by atoms with Crippen LogP contribution in [-0.2, 0) is 4.74 Å². The Hall–Kier alpha value is -2.82. The van der Waals surface area contributed by atoms with Crippen LogP contribution in [0.5, 0.6) is 0 Å². The Morgan fingerprint density at radius 3 is 2.74 bits per heavy atom. The molecule has 3 aromatic rings. The summed E-state index contributed by atoms with van der Waals surface area (Å²) in [6.45, 7) is 0.121. The van der Waals surface area contributed by atoms with E-state index in [0.29, 0.717) is 16.6 Å². The average molecular weight is 449 g/mol. The third-order valence-electron chi connectivity index (χ3n) is 5.00. The molecule has 0 aliphatic carbocycles. The van der Waals surface area contributed by atoms with Gasteiger partial charge in [-0.05, 0) is 23.6 Å². The predicted octanol–water partition coefficient (Wildman–Crippen LogP) is 4.45. The maximum Gasteiger partial charge on any atom is 0.438 e. The van der Waals surface area contributed by atoms with E-state index in [4.69, 9.17) is 4.74 Å². The van der Waals surface area contributed by atoms with E-state index in [-0.39, 0.29) is 29.3 Å². The molecule has 0 saturated heterocycles. The number of aromatic nitrogens is 1. The number of fused-ring (bicyclic) bond motifs is 1. The zero-order valence-electron chi connectivity index (χ0n) is 16.4. The Labute approximate surface area is 179 Å². The van der Waals surface area contributed by atoms with Crippen molar-refractivity contribution in [1.29, 1.82) is 0 Å². The second-order valence-corrected chi connectivity index (χ2v) is 8.01. The van der Waals surface area contributed by atoms with Crippen LogP contribution in [0.3, 0.4) is 0 Å². The summed E-state index contributed by atoms with van der Waals surface area (Å²) in [6.07, 6.45) is -5.86. The summed E-state index contributed by atoms with van der Waals surface area (Å²) >= 11 is 1.39. The summed E-state index contributed by atoms with van der Waals surface area (Å²) in [5, 5.41) is 16.7. The van der Waals surface area contributed by atoms with Gasteiger partial charge in [0.1, 0.15) is 0 Å². The zero-order chi connectivity index (χ0) is 22.2. The number of methoxy groups -OCH3 is 1. The number of ether oxygens (including phenoxy) is 1. The van der Waals surface area contributed by atoms with Gasteiger partial charge in [-0.2, -0.15) is 23.3 Å². The molecule has 1 unspecified atom stereocenters. The minimum Gasteiger partial charge on any atom is -0.384 e. The van der Waals surface area contributed by atoms with E-state index < -0.39 is 24.2 Å². The Morgan fingerprint density at radius 2 is 2.06 bits per heavy atom. The number of alkyl halides is 3. The zero-order valence-corrected chi connectivity index (χ0v) is 17.2. The number of benzene rings is 1. The van der Waals surface area contributed by atoms with Crippen molar-refractivity contribution in [2.24, 2.45) is 5.10 Å². The smallest absolute Gasteiger partial charge is 0.384 e. The molecule has 1 amide bonds. The van der Waals surface area contributed by atoms with Crippen molar-refractivity contribution in [2.45, 2.75) is 24.7 Å². The van der Waals surface area contributed by atoms with Gasteiger partial charge in [-0.15, -0.1) is 11.3 Å². The molecule has 1 atom stereocenters. The Morgan fingerprint density at radius 1 is 1.29 bits per heavy atom. The lowest BCUT2D eigenvalue weighted by atomic mass is 10.0. The second-order valence-electron chi connectivity index (χ2n) is 7.07. The highest BCUT2D eigenvalue weighted by molar-refractivity contribution is 7.13. The highest BCUT2D eigenvalue weighted by Crippen LogP contribution is 2.42. The number of aliphatic hydroxyl groups is 1. The summed E-state index contributed by atoms with van der Waals surface area (Å²) in [5.74, 6) is -1.05. The van der Waals surface area contributed by atoms with Gasteiger partial charge in [0.25, 0.3) is 11.6 Å². The first-order valence-corrected chi connectivity index (χ1v) is 10.2. The molecule has 0 spiro atoms. The monoisotopic (exact) mass is 449 g/mol. The first-order chi connectivity index (χ1) is 14.7. The number of thiophene rings is 1. The first kappa shape index (κ1) is 21.4. The molecule has 0 bridgehead atoms. The lowest BCUT2D eigenvalue weighted by molar-refractivity contribution is -0.297. The van der Waals surface area contributed by atoms with Gasteiger partial charge in [0.05, 0.1) is 28.3 Å². The highest BCUT2D eigenvalue weighted by Gasteiger charge is 2.63. The number of hydrogen-bond acceptors (Lipinski definition) is 6. The summed E-state index contributed by atoms with van der Waals surface area (Å²) in [7, 11) is 1.41. The van der Waals surface area contributed by atoms with Gasteiger partial charge >= 0.3 is 6.18 Å². The van der Waals surface area contributed by atoms with E-state index in [1.54, 1.807) is 30.3 Å². The fourth-order valence-corrected chi connectivity index (χ4v) is 4.11. The predicted molar refractivity (Wildman–Crippen MR) is 111 cm³/mol. The largest absolute Gasteiger partial charge is 0.438 e. The fraction of sp³-hybridized carbons (Fsp3) is 0.286. The van der Waals surface area contributed by atoms with Gasteiger partial charge in [-0.3, -0.25) is 4.79 Å². The molecular formula is C21H18F3N3O3S. The van der Waals surface area contributed by atoms with E-state index in [1.165, 1.54) is 24.5 Å². The minimum atomic E-state index is -5.10. The molecule has 1 aliphatic rings. The van der Waals surface area contributed by atoms with Crippen LogP contribution >= 0.6 is 11.3 Å². The van der Waals surface area contributed by atoms with Crippen molar-refractivity contribution in [3.63, 3.8) is 0 Å². The minimum absolute atomic E-state index is 0.0200. The van der Waals surface area contributed by atoms with Crippen LogP contribution in [0.2, 0.25) is 0 Å². The van der Waals surface area contributed by atoms with E-state index in [2.05, 4.69) is 10.1 Å². The van der Waals surface area contributed by atoms with Crippen LogP contribution in [-0.4, -0.2) is 52.3 Å². The maximum atomic E-state index is 13.8. The molecule has 0 fully saturated rings. The summed E-state index contributed by atoms with van der Waals surface area (Å²) in [4.78, 5) is 18.7. The van der Waals surface area contributed by atoms with Crippen molar-refractivity contribution in [3.05, 3.63) is 53.4 Å². The molecule has 2 aromatic heterocycles. The number of rotatable bonds is 5. The van der Waals surface area contributed by atoms with Gasteiger partial charge in [-0.1, -0.05) is 24.3 Å². The number of hydrazone groups is 1. The first-order valence-electron chi connectivity index (χ1n) is 9.37. The van der Waals surface area contributed by atoms with Crippen LogP contribution in [0, 0.1) is 0 Å². The van der Waals surface area contributed by atoms with Gasteiger partial charge < -0.3 is 9.84 Å². The Balaban J connectivity index is 1.84. The number of nitrogens with zero attached hydrogens (tertiary/aromatic N) is 3. The van der Waals surface area contributed by atoms with Gasteiger partial charge in [0, 0.05) is 31.0 Å². The number of carbonyl (C=O) groups excluding carboxylic acids is 1. The highest BCUT2D eigenvalue weighted by atomic mass is 32.1. The third kappa shape index (κ3) is 3.82. The molecule has 1 N–H and O–H groups in total. The third-order valence-corrected chi connectivity index (χ3v) is 5.90. The lowest BCUT2D eigenvalue weighted by Crippen LogP contribution is -2.56. The normalized spacial score (nSPS) is 19.1. The number of hydrogen-bond donors (Lipinski definition) is 1. The van der Waals surface area contributed by atoms with E-state index >= 15 is 0 Å². The molecule has 1 aromatic carbocycles. The summed E-state index contributed by atoms with van der Waals surface area (Å²) in [6, 6.07) is 11.7. The number of halogens is 3. The van der Waals surface area contributed by atoms with Gasteiger partial charge in [0.2, 0.25) is 0 Å². The van der Waals surface area contributed by atoms with Crippen molar-refractivity contribution in [3.8, 4) is 10.6 Å². The van der Waals surface area contributed by atoms with Crippen LogP contribution in [0.15, 0.2) is 52.9 Å².